The first-order chi connectivity index (χ1) is 7.98. The molecule has 0 N–H and O–H groups in total. The second-order valence-electron chi connectivity index (χ2n) is 5.76. The summed E-state index contributed by atoms with van der Waals surface area (Å²) >= 11 is 0. The zero-order valence-corrected chi connectivity index (χ0v) is 11.0. The van der Waals surface area contributed by atoms with Gasteiger partial charge in [-0.25, -0.2) is 0 Å². The number of rotatable bonds is 2. The van der Waals surface area contributed by atoms with Gasteiger partial charge in [-0.3, -0.25) is 4.79 Å². The molecule has 2 rings (SSSR count). The summed E-state index contributed by atoms with van der Waals surface area (Å²) < 4.78 is 5.69. The SMILES string of the molecule is CC(C)(C)C(=O)c1ccc(N2CCCCC2)o1. The van der Waals surface area contributed by atoms with E-state index in [1.807, 2.05) is 26.8 Å². The predicted molar refractivity (Wildman–Crippen MR) is 68.6 cm³/mol. The molecule has 0 radical (unpaired) electrons. The molecule has 1 aliphatic heterocycles. The van der Waals surface area contributed by atoms with Crippen LogP contribution in [-0.4, -0.2) is 18.9 Å². The number of furan rings is 1. The van der Waals surface area contributed by atoms with Gasteiger partial charge < -0.3 is 9.32 Å². The van der Waals surface area contributed by atoms with E-state index < -0.39 is 0 Å². The van der Waals surface area contributed by atoms with Crippen LogP contribution >= 0.6 is 0 Å². The van der Waals surface area contributed by atoms with Crippen LogP contribution < -0.4 is 4.90 Å². The Labute approximate surface area is 103 Å². The molecule has 0 aromatic carbocycles. The van der Waals surface area contributed by atoms with Crippen LogP contribution in [0.15, 0.2) is 16.5 Å². The molecule has 0 amide bonds. The number of anilines is 1. The van der Waals surface area contributed by atoms with E-state index in [4.69, 9.17) is 4.42 Å². The maximum atomic E-state index is 12.1. The molecule has 0 aliphatic carbocycles. The van der Waals surface area contributed by atoms with Crippen molar-refractivity contribution in [3.63, 3.8) is 0 Å². The number of Topliss-reactive ketones (excluding diaryl/α,β-unsaturated/α-hetero) is 1. The summed E-state index contributed by atoms with van der Waals surface area (Å²) in [5, 5.41) is 0. The Balaban J connectivity index is 2.12. The van der Waals surface area contributed by atoms with Gasteiger partial charge in [0, 0.05) is 24.6 Å². The topological polar surface area (TPSA) is 33.5 Å². The van der Waals surface area contributed by atoms with Crippen molar-refractivity contribution >= 4 is 11.7 Å². The van der Waals surface area contributed by atoms with Gasteiger partial charge >= 0.3 is 0 Å². The van der Waals surface area contributed by atoms with Crippen molar-refractivity contribution < 1.29 is 9.21 Å². The Morgan fingerprint density at radius 3 is 2.41 bits per heavy atom. The van der Waals surface area contributed by atoms with Crippen LogP contribution in [0.4, 0.5) is 5.88 Å². The summed E-state index contributed by atoms with van der Waals surface area (Å²) in [4.78, 5) is 14.3. The largest absolute Gasteiger partial charge is 0.437 e. The highest BCUT2D eigenvalue weighted by molar-refractivity contribution is 5.97. The molecule has 3 heteroatoms. The van der Waals surface area contributed by atoms with Crippen molar-refractivity contribution in [2.45, 2.75) is 40.0 Å². The van der Waals surface area contributed by atoms with Gasteiger partial charge in [0.2, 0.25) is 5.78 Å². The lowest BCUT2D eigenvalue weighted by molar-refractivity contribution is 0.0829. The quantitative estimate of drug-likeness (QED) is 0.736. The molecule has 0 spiro atoms. The summed E-state index contributed by atoms with van der Waals surface area (Å²) in [7, 11) is 0. The Morgan fingerprint density at radius 2 is 1.82 bits per heavy atom. The number of carbonyl (C=O) groups excluding carboxylic acids is 1. The zero-order chi connectivity index (χ0) is 12.5. The minimum Gasteiger partial charge on any atom is -0.437 e. The van der Waals surface area contributed by atoms with Gasteiger partial charge in [-0.15, -0.1) is 0 Å². The fraction of sp³-hybridized carbons (Fsp3) is 0.643. The minimum absolute atomic E-state index is 0.0701. The average molecular weight is 235 g/mol. The van der Waals surface area contributed by atoms with Crippen LogP contribution in [-0.2, 0) is 0 Å². The Morgan fingerprint density at radius 1 is 1.18 bits per heavy atom. The second kappa shape index (κ2) is 4.55. The third kappa shape index (κ3) is 2.71. The van der Waals surface area contributed by atoms with E-state index in [9.17, 15) is 4.79 Å². The van der Waals surface area contributed by atoms with Crippen LogP contribution in [0.2, 0.25) is 0 Å². The molecule has 0 saturated carbocycles. The predicted octanol–water partition coefficient (Wildman–Crippen LogP) is 3.50. The van der Waals surface area contributed by atoms with Crippen LogP contribution in [0.25, 0.3) is 0 Å². The molecule has 1 fully saturated rings. The van der Waals surface area contributed by atoms with Crippen molar-refractivity contribution in [3.05, 3.63) is 17.9 Å². The Kier molecular flexibility index (Phi) is 3.27. The average Bonchev–Trinajstić information content (AvgIpc) is 2.77. The van der Waals surface area contributed by atoms with E-state index in [-0.39, 0.29) is 11.2 Å². The first-order valence-electron chi connectivity index (χ1n) is 6.38. The highest BCUT2D eigenvalue weighted by Gasteiger charge is 2.26. The first kappa shape index (κ1) is 12.2. The Hall–Kier alpha value is -1.25. The zero-order valence-electron chi connectivity index (χ0n) is 11.0. The molecular weight excluding hydrogens is 214 g/mol. The summed E-state index contributed by atoms with van der Waals surface area (Å²) in [5.74, 6) is 1.40. The highest BCUT2D eigenvalue weighted by Crippen LogP contribution is 2.27. The third-order valence-electron chi connectivity index (χ3n) is 3.16. The molecule has 1 aromatic rings. The molecule has 1 aliphatic rings. The first-order valence-corrected chi connectivity index (χ1v) is 6.38. The molecule has 3 nitrogen and oxygen atoms in total. The number of ketones is 1. The van der Waals surface area contributed by atoms with Crippen molar-refractivity contribution in [1.82, 2.24) is 0 Å². The van der Waals surface area contributed by atoms with Gasteiger partial charge in [0.15, 0.2) is 11.6 Å². The van der Waals surface area contributed by atoms with E-state index in [2.05, 4.69) is 4.90 Å². The van der Waals surface area contributed by atoms with Gasteiger partial charge in [-0.05, 0) is 25.3 Å². The lowest BCUT2D eigenvalue weighted by atomic mass is 9.89. The van der Waals surface area contributed by atoms with Gasteiger partial charge in [0.25, 0.3) is 0 Å². The highest BCUT2D eigenvalue weighted by atomic mass is 16.4. The van der Waals surface area contributed by atoms with Gasteiger partial charge in [-0.2, -0.15) is 0 Å². The molecule has 0 unspecified atom stereocenters. The lowest BCUT2D eigenvalue weighted by Crippen LogP contribution is -2.28. The molecular formula is C14H21NO2. The number of hydrogen-bond acceptors (Lipinski definition) is 3. The van der Waals surface area contributed by atoms with Crippen molar-refractivity contribution in [2.75, 3.05) is 18.0 Å². The van der Waals surface area contributed by atoms with E-state index in [0.717, 1.165) is 19.0 Å². The smallest absolute Gasteiger partial charge is 0.203 e. The van der Waals surface area contributed by atoms with Gasteiger partial charge in [-0.1, -0.05) is 20.8 Å². The molecule has 1 aromatic heterocycles. The van der Waals surface area contributed by atoms with Crippen LogP contribution in [0, 0.1) is 5.41 Å². The normalized spacial score (nSPS) is 17.2. The second-order valence-corrected chi connectivity index (χ2v) is 5.76. The summed E-state index contributed by atoms with van der Waals surface area (Å²) in [6.45, 7) is 7.82. The number of nitrogens with zero attached hydrogens (tertiary/aromatic N) is 1. The summed E-state index contributed by atoms with van der Waals surface area (Å²) in [5.41, 5.74) is -0.378. The minimum atomic E-state index is -0.378. The standard InChI is InChI=1S/C14H21NO2/c1-14(2,3)13(16)11-7-8-12(17-11)15-9-5-4-6-10-15/h7-8H,4-6,9-10H2,1-3H3. The fourth-order valence-corrected chi connectivity index (χ4v) is 2.10. The fourth-order valence-electron chi connectivity index (χ4n) is 2.10. The number of piperidine rings is 1. The molecule has 0 bridgehead atoms. The monoisotopic (exact) mass is 235 g/mol. The third-order valence-corrected chi connectivity index (χ3v) is 3.16. The molecule has 94 valence electrons. The number of carbonyl (C=O) groups is 1. The van der Waals surface area contributed by atoms with Crippen LogP contribution in [0.3, 0.4) is 0 Å². The molecule has 0 atom stereocenters. The van der Waals surface area contributed by atoms with E-state index in [0.29, 0.717) is 5.76 Å². The maximum Gasteiger partial charge on any atom is 0.203 e. The summed E-state index contributed by atoms with van der Waals surface area (Å²) in [6, 6.07) is 3.72. The molecule has 1 saturated heterocycles. The molecule has 17 heavy (non-hydrogen) atoms. The van der Waals surface area contributed by atoms with Crippen molar-refractivity contribution in [3.8, 4) is 0 Å². The van der Waals surface area contributed by atoms with Crippen molar-refractivity contribution in [1.29, 1.82) is 0 Å². The lowest BCUT2D eigenvalue weighted by Gasteiger charge is -2.26. The van der Waals surface area contributed by atoms with E-state index in [1.165, 1.54) is 19.3 Å². The van der Waals surface area contributed by atoms with Gasteiger partial charge in [0.1, 0.15) is 0 Å². The van der Waals surface area contributed by atoms with Crippen LogP contribution in [0.1, 0.15) is 50.6 Å². The van der Waals surface area contributed by atoms with Crippen LogP contribution in [0.5, 0.6) is 0 Å². The van der Waals surface area contributed by atoms with Crippen molar-refractivity contribution in [2.24, 2.45) is 5.41 Å². The summed E-state index contributed by atoms with van der Waals surface area (Å²) in [6.07, 6.45) is 3.72. The number of hydrogen-bond donors (Lipinski definition) is 0. The molecule has 2 heterocycles. The van der Waals surface area contributed by atoms with Gasteiger partial charge in [0.05, 0.1) is 0 Å². The Bertz CT molecular complexity index is 395. The van der Waals surface area contributed by atoms with E-state index >= 15 is 0 Å². The van der Waals surface area contributed by atoms with E-state index in [1.54, 1.807) is 6.07 Å². The maximum absolute atomic E-state index is 12.1.